The number of esters is 1. The Kier molecular flexibility index (Phi) is 9.45. The fourth-order valence-corrected chi connectivity index (χ4v) is 1.82. The monoisotopic (exact) mass is 328 g/mol. The van der Waals surface area contributed by atoms with Crippen LogP contribution in [-0.4, -0.2) is 24.0 Å². The third kappa shape index (κ3) is 7.43. The topological polar surface area (TPSA) is 81.4 Å². The quantitative estimate of drug-likeness (QED) is 0.750. The van der Waals surface area contributed by atoms with Crippen LogP contribution < -0.4 is 11.1 Å². The van der Waals surface area contributed by atoms with Gasteiger partial charge in [-0.2, -0.15) is 0 Å². The van der Waals surface area contributed by atoms with E-state index in [4.69, 9.17) is 10.5 Å². The van der Waals surface area contributed by atoms with E-state index in [2.05, 4.69) is 5.32 Å². The first-order valence-corrected chi connectivity index (χ1v) is 7.16. The number of amides is 1. The summed E-state index contributed by atoms with van der Waals surface area (Å²) in [5.41, 5.74) is 6.43. The maximum atomic E-state index is 12.1. The van der Waals surface area contributed by atoms with Crippen LogP contribution in [0, 0.1) is 5.92 Å². The van der Waals surface area contributed by atoms with Crippen molar-refractivity contribution in [2.24, 2.45) is 11.7 Å². The highest BCUT2D eigenvalue weighted by Crippen LogP contribution is 2.09. The average Bonchev–Trinajstić information content (AvgIpc) is 2.44. The molecule has 0 radical (unpaired) electrons. The number of ether oxygens (including phenoxy) is 1. The Bertz CT molecular complexity index is 464. The van der Waals surface area contributed by atoms with Gasteiger partial charge in [0.05, 0.1) is 6.04 Å². The summed E-state index contributed by atoms with van der Waals surface area (Å²) in [6.45, 7) is 5.74. The molecule has 1 amide bonds. The molecule has 2 atom stereocenters. The molecule has 0 fully saturated rings. The summed E-state index contributed by atoms with van der Waals surface area (Å²) in [7, 11) is 0. The number of hydrogen-bond donors (Lipinski definition) is 2. The molecule has 0 aliphatic carbocycles. The zero-order valence-electron chi connectivity index (χ0n) is 13.2. The summed E-state index contributed by atoms with van der Waals surface area (Å²) >= 11 is 0. The van der Waals surface area contributed by atoms with Gasteiger partial charge in [0.25, 0.3) is 0 Å². The van der Waals surface area contributed by atoms with E-state index in [9.17, 15) is 9.59 Å². The summed E-state index contributed by atoms with van der Waals surface area (Å²) in [5, 5.41) is 2.65. The number of carbonyl (C=O) groups excluding carboxylic acids is 2. The zero-order valence-corrected chi connectivity index (χ0v) is 14.1. The molecule has 0 aliphatic heterocycles. The molecule has 0 spiro atoms. The van der Waals surface area contributed by atoms with Gasteiger partial charge in [0.15, 0.2) is 0 Å². The highest BCUT2D eigenvalue weighted by molar-refractivity contribution is 5.87. The first-order chi connectivity index (χ1) is 9.90. The molecule has 1 aromatic carbocycles. The van der Waals surface area contributed by atoms with Crippen LogP contribution in [0.15, 0.2) is 30.3 Å². The summed E-state index contributed by atoms with van der Waals surface area (Å²) in [6.07, 6.45) is 0.520. The van der Waals surface area contributed by atoms with Gasteiger partial charge in [0.1, 0.15) is 12.6 Å². The molecule has 0 saturated heterocycles. The van der Waals surface area contributed by atoms with Crippen LogP contribution in [0.1, 0.15) is 32.8 Å². The summed E-state index contributed by atoms with van der Waals surface area (Å²) in [5.74, 6) is -0.522. The molecule has 1 aromatic rings. The lowest BCUT2D eigenvalue weighted by molar-refractivity contribution is -0.149. The Labute approximate surface area is 138 Å². The van der Waals surface area contributed by atoms with Gasteiger partial charge in [-0.05, 0) is 24.8 Å². The maximum absolute atomic E-state index is 12.1. The van der Waals surface area contributed by atoms with Gasteiger partial charge < -0.3 is 15.8 Å². The van der Waals surface area contributed by atoms with E-state index in [1.807, 2.05) is 44.2 Å². The third-order valence-electron chi connectivity index (χ3n) is 2.95. The lowest BCUT2D eigenvalue weighted by atomic mass is 10.0. The Morgan fingerprint density at radius 1 is 1.18 bits per heavy atom. The smallest absolute Gasteiger partial charge is 0.328 e. The van der Waals surface area contributed by atoms with Crippen molar-refractivity contribution >= 4 is 24.3 Å². The molecule has 1 rings (SSSR count). The van der Waals surface area contributed by atoms with E-state index in [1.54, 1.807) is 6.92 Å². The number of rotatable bonds is 7. The second-order valence-corrected chi connectivity index (χ2v) is 5.57. The number of carbonyl (C=O) groups is 2. The van der Waals surface area contributed by atoms with Crippen LogP contribution in [0.5, 0.6) is 0 Å². The van der Waals surface area contributed by atoms with E-state index in [0.717, 1.165) is 5.56 Å². The second-order valence-electron chi connectivity index (χ2n) is 5.57. The number of benzene rings is 1. The molecule has 22 heavy (non-hydrogen) atoms. The van der Waals surface area contributed by atoms with Crippen molar-refractivity contribution in [2.75, 3.05) is 0 Å². The minimum absolute atomic E-state index is 0. The fraction of sp³-hybridized carbons (Fsp3) is 0.500. The predicted octanol–water partition coefficient (Wildman–Crippen LogP) is 2.03. The molecular weight excluding hydrogens is 304 g/mol. The molecule has 3 N–H and O–H groups in total. The van der Waals surface area contributed by atoms with Gasteiger partial charge in [-0.1, -0.05) is 44.2 Å². The highest BCUT2D eigenvalue weighted by Gasteiger charge is 2.24. The molecule has 0 unspecified atom stereocenters. The molecule has 0 heterocycles. The Hall–Kier alpha value is -1.59. The minimum Gasteiger partial charge on any atom is -0.459 e. The van der Waals surface area contributed by atoms with Gasteiger partial charge in [-0.15, -0.1) is 12.4 Å². The van der Waals surface area contributed by atoms with Crippen LogP contribution in [-0.2, 0) is 20.9 Å². The van der Waals surface area contributed by atoms with Crippen molar-refractivity contribution in [1.29, 1.82) is 0 Å². The minimum atomic E-state index is -0.660. The lowest BCUT2D eigenvalue weighted by Crippen LogP contribution is -2.48. The molecule has 6 heteroatoms. The van der Waals surface area contributed by atoms with Crippen LogP contribution in [0.2, 0.25) is 0 Å². The van der Waals surface area contributed by atoms with E-state index in [1.165, 1.54) is 0 Å². The number of nitrogens with one attached hydrogen (secondary N) is 1. The van der Waals surface area contributed by atoms with Gasteiger partial charge in [-0.25, -0.2) is 4.79 Å². The zero-order chi connectivity index (χ0) is 15.8. The van der Waals surface area contributed by atoms with Crippen LogP contribution in [0.3, 0.4) is 0 Å². The summed E-state index contributed by atoms with van der Waals surface area (Å²) < 4.78 is 5.28. The molecule has 0 aliphatic rings. The molecule has 0 aromatic heterocycles. The lowest BCUT2D eigenvalue weighted by Gasteiger charge is -2.20. The molecule has 0 bridgehead atoms. The normalized spacial score (nSPS) is 13.0. The first-order valence-electron chi connectivity index (χ1n) is 7.16. The highest BCUT2D eigenvalue weighted by atomic mass is 35.5. The van der Waals surface area contributed by atoms with Gasteiger partial charge in [0.2, 0.25) is 5.91 Å². The molecular formula is C16H25ClN2O3. The maximum Gasteiger partial charge on any atom is 0.328 e. The molecule has 124 valence electrons. The number of halogens is 1. The second kappa shape index (κ2) is 10.2. The third-order valence-corrected chi connectivity index (χ3v) is 2.95. The number of nitrogens with two attached hydrogens (primary N) is 1. The van der Waals surface area contributed by atoms with E-state index in [0.29, 0.717) is 6.42 Å². The van der Waals surface area contributed by atoms with E-state index >= 15 is 0 Å². The Morgan fingerprint density at radius 3 is 2.27 bits per heavy atom. The van der Waals surface area contributed by atoms with Gasteiger partial charge in [0, 0.05) is 0 Å². The fourth-order valence-electron chi connectivity index (χ4n) is 1.82. The van der Waals surface area contributed by atoms with Crippen molar-refractivity contribution in [3.8, 4) is 0 Å². The SMILES string of the molecule is CC(C)C[C@H](NC(=O)[C@H](C)N)C(=O)OCc1ccccc1.Cl. The largest absolute Gasteiger partial charge is 0.459 e. The Balaban J connectivity index is 0.00000441. The van der Waals surface area contributed by atoms with Crippen molar-refractivity contribution in [3.63, 3.8) is 0 Å². The summed E-state index contributed by atoms with van der Waals surface area (Å²) in [4.78, 5) is 23.8. The predicted molar refractivity (Wildman–Crippen MR) is 88.5 cm³/mol. The van der Waals surface area contributed by atoms with Crippen molar-refractivity contribution in [3.05, 3.63) is 35.9 Å². The van der Waals surface area contributed by atoms with Gasteiger partial charge >= 0.3 is 5.97 Å². The average molecular weight is 329 g/mol. The summed E-state index contributed by atoms with van der Waals surface area (Å²) in [6, 6.07) is 8.11. The standard InChI is InChI=1S/C16H24N2O3.ClH/c1-11(2)9-14(18-15(19)12(3)17)16(20)21-10-13-7-5-4-6-8-13;/h4-8,11-12,14H,9-10,17H2,1-3H3,(H,18,19);1H/t12-,14-;/m0./s1. The van der Waals surface area contributed by atoms with Crippen molar-refractivity contribution < 1.29 is 14.3 Å². The van der Waals surface area contributed by atoms with E-state index in [-0.39, 0.29) is 30.8 Å². The molecule has 0 saturated carbocycles. The van der Waals surface area contributed by atoms with Crippen LogP contribution in [0.25, 0.3) is 0 Å². The van der Waals surface area contributed by atoms with Gasteiger partial charge in [-0.3, -0.25) is 4.79 Å². The number of hydrogen-bond acceptors (Lipinski definition) is 4. The van der Waals surface area contributed by atoms with Crippen LogP contribution >= 0.6 is 12.4 Å². The van der Waals surface area contributed by atoms with Crippen LogP contribution in [0.4, 0.5) is 0 Å². The van der Waals surface area contributed by atoms with Crippen molar-refractivity contribution in [2.45, 2.75) is 45.9 Å². The van der Waals surface area contributed by atoms with Crippen molar-refractivity contribution in [1.82, 2.24) is 5.32 Å². The first kappa shape index (κ1) is 20.4. The Morgan fingerprint density at radius 2 is 1.77 bits per heavy atom. The van der Waals surface area contributed by atoms with E-state index < -0.39 is 18.1 Å². The molecule has 5 nitrogen and oxygen atoms in total.